The van der Waals surface area contributed by atoms with Crippen LogP contribution < -0.4 is 10.9 Å². The summed E-state index contributed by atoms with van der Waals surface area (Å²) in [6, 6.07) is 10.5. The van der Waals surface area contributed by atoms with E-state index in [2.05, 4.69) is 15.8 Å². The number of pyridine rings is 1. The van der Waals surface area contributed by atoms with Gasteiger partial charge in [0.1, 0.15) is 0 Å². The van der Waals surface area contributed by atoms with Crippen molar-refractivity contribution in [3.8, 4) is 0 Å². The van der Waals surface area contributed by atoms with Gasteiger partial charge < -0.3 is 0 Å². The number of halogens is 1. The van der Waals surface area contributed by atoms with Crippen LogP contribution in [0.25, 0.3) is 0 Å². The van der Waals surface area contributed by atoms with Crippen LogP contribution in [0.3, 0.4) is 0 Å². The molecule has 0 bridgehead atoms. The number of aromatic nitrogens is 1. The molecule has 2 N–H and O–H groups in total. The third-order valence-corrected chi connectivity index (χ3v) is 2.59. The molecule has 0 saturated heterocycles. The number of nitrogens with zero attached hydrogens (tertiary/aromatic N) is 1. The Morgan fingerprint density at radius 2 is 1.89 bits per heavy atom. The minimum Gasteiger partial charge on any atom is -0.298 e. The molecule has 0 spiro atoms. The number of carbonyl (C=O) groups is 1. The van der Waals surface area contributed by atoms with Crippen molar-refractivity contribution in [2.75, 3.05) is 5.43 Å². The monoisotopic (exact) mass is 261 g/mol. The maximum atomic E-state index is 11.8. The molecule has 4 nitrogen and oxygen atoms in total. The lowest BCUT2D eigenvalue weighted by Gasteiger charge is -2.08. The van der Waals surface area contributed by atoms with Crippen LogP contribution >= 0.6 is 11.6 Å². The van der Waals surface area contributed by atoms with E-state index >= 15 is 0 Å². The van der Waals surface area contributed by atoms with Gasteiger partial charge in [-0.15, -0.1) is 0 Å². The summed E-state index contributed by atoms with van der Waals surface area (Å²) in [4.78, 5) is 15.8. The zero-order chi connectivity index (χ0) is 13.0. The molecule has 0 radical (unpaired) electrons. The minimum absolute atomic E-state index is 0.238. The molecule has 1 heterocycles. The molecule has 0 saturated carbocycles. The Bertz CT molecular complexity index is 537. The van der Waals surface area contributed by atoms with E-state index < -0.39 is 0 Å². The van der Waals surface area contributed by atoms with Crippen molar-refractivity contribution in [3.05, 3.63) is 58.9 Å². The third-order valence-electron chi connectivity index (χ3n) is 2.34. The standard InChI is InChI=1S/C13H12ClN3O/c1-9-2-3-10(8-15-9)13(18)17-16-12-6-4-11(14)5-7-12/h2-8,16H,1H3,(H,17,18). The SMILES string of the molecule is Cc1ccc(C(=O)NNc2ccc(Cl)cc2)cn1. The molecule has 1 aromatic carbocycles. The zero-order valence-corrected chi connectivity index (χ0v) is 10.5. The molecule has 1 aromatic heterocycles. The Kier molecular flexibility index (Phi) is 3.79. The number of anilines is 1. The molecule has 0 aliphatic heterocycles. The minimum atomic E-state index is -0.238. The Hall–Kier alpha value is -2.07. The highest BCUT2D eigenvalue weighted by molar-refractivity contribution is 6.30. The number of carbonyl (C=O) groups excluding carboxylic acids is 1. The molecule has 5 heteroatoms. The molecule has 0 atom stereocenters. The van der Waals surface area contributed by atoms with E-state index in [1.54, 1.807) is 36.4 Å². The third kappa shape index (κ3) is 3.21. The first-order valence-corrected chi connectivity index (χ1v) is 5.77. The van der Waals surface area contributed by atoms with Crippen molar-refractivity contribution in [1.82, 2.24) is 10.4 Å². The van der Waals surface area contributed by atoms with Gasteiger partial charge in [-0.25, -0.2) is 0 Å². The van der Waals surface area contributed by atoms with E-state index in [9.17, 15) is 4.79 Å². The fraction of sp³-hybridized carbons (Fsp3) is 0.0769. The number of benzene rings is 1. The zero-order valence-electron chi connectivity index (χ0n) is 9.77. The van der Waals surface area contributed by atoms with E-state index in [4.69, 9.17) is 11.6 Å². The summed E-state index contributed by atoms with van der Waals surface area (Å²) in [5, 5.41) is 0.648. The summed E-state index contributed by atoms with van der Waals surface area (Å²) in [6.45, 7) is 1.87. The lowest BCUT2D eigenvalue weighted by atomic mass is 10.2. The topological polar surface area (TPSA) is 54.0 Å². The van der Waals surface area contributed by atoms with Crippen molar-refractivity contribution in [3.63, 3.8) is 0 Å². The van der Waals surface area contributed by atoms with Crippen LogP contribution in [-0.4, -0.2) is 10.9 Å². The molecule has 18 heavy (non-hydrogen) atoms. The molecular weight excluding hydrogens is 250 g/mol. The van der Waals surface area contributed by atoms with Crippen molar-refractivity contribution in [2.24, 2.45) is 0 Å². The predicted octanol–water partition coefficient (Wildman–Crippen LogP) is 2.80. The van der Waals surface area contributed by atoms with E-state index in [1.807, 2.05) is 6.92 Å². The summed E-state index contributed by atoms with van der Waals surface area (Å²) >= 11 is 5.76. The van der Waals surface area contributed by atoms with Gasteiger partial charge >= 0.3 is 0 Å². The fourth-order valence-electron chi connectivity index (χ4n) is 1.34. The van der Waals surface area contributed by atoms with Gasteiger partial charge in [0.05, 0.1) is 11.3 Å². The molecule has 0 aliphatic rings. The summed E-state index contributed by atoms with van der Waals surface area (Å²) in [7, 11) is 0. The Balaban J connectivity index is 1.96. The van der Waals surface area contributed by atoms with Crippen LogP contribution in [0.2, 0.25) is 5.02 Å². The maximum absolute atomic E-state index is 11.8. The van der Waals surface area contributed by atoms with Crippen LogP contribution in [-0.2, 0) is 0 Å². The number of hydrazine groups is 1. The molecular formula is C13H12ClN3O. The smallest absolute Gasteiger partial charge is 0.271 e. The fourth-order valence-corrected chi connectivity index (χ4v) is 1.46. The molecule has 2 rings (SSSR count). The average molecular weight is 262 g/mol. The van der Waals surface area contributed by atoms with Crippen LogP contribution in [0, 0.1) is 6.92 Å². The number of hydrogen-bond donors (Lipinski definition) is 2. The van der Waals surface area contributed by atoms with Gasteiger partial charge in [0, 0.05) is 16.9 Å². The molecule has 0 aliphatic carbocycles. The summed E-state index contributed by atoms with van der Waals surface area (Å²) in [5.74, 6) is -0.238. The highest BCUT2D eigenvalue weighted by Crippen LogP contribution is 2.12. The number of amides is 1. The normalized spacial score (nSPS) is 9.89. The highest BCUT2D eigenvalue weighted by atomic mass is 35.5. The van der Waals surface area contributed by atoms with E-state index in [0.717, 1.165) is 11.4 Å². The van der Waals surface area contributed by atoms with Crippen LogP contribution in [0.4, 0.5) is 5.69 Å². The predicted molar refractivity (Wildman–Crippen MR) is 71.5 cm³/mol. The van der Waals surface area contributed by atoms with Crippen LogP contribution in [0.15, 0.2) is 42.6 Å². The van der Waals surface area contributed by atoms with Crippen molar-refractivity contribution in [2.45, 2.75) is 6.92 Å². The number of aryl methyl sites for hydroxylation is 1. The Labute approximate surface area is 110 Å². The second-order valence-electron chi connectivity index (χ2n) is 3.77. The summed E-state index contributed by atoms with van der Waals surface area (Å²) in [6.07, 6.45) is 1.54. The molecule has 1 amide bonds. The molecule has 92 valence electrons. The lowest BCUT2D eigenvalue weighted by Crippen LogP contribution is -2.29. The van der Waals surface area contributed by atoms with Gasteiger partial charge in [-0.3, -0.25) is 20.6 Å². The lowest BCUT2D eigenvalue weighted by molar-refractivity contribution is 0.0962. The number of rotatable bonds is 3. The maximum Gasteiger partial charge on any atom is 0.271 e. The second kappa shape index (κ2) is 5.51. The Morgan fingerprint density at radius 3 is 2.50 bits per heavy atom. The van der Waals surface area contributed by atoms with E-state index in [-0.39, 0.29) is 5.91 Å². The summed E-state index contributed by atoms with van der Waals surface area (Å²) < 4.78 is 0. The highest BCUT2D eigenvalue weighted by Gasteiger charge is 2.04. The van der Waals surface area contributed by atoms with Crippen molar-refractivity contribution >= 4 is 23.2 Å². The largest absolute Gasteiger partial charge is 0.298 e. The molecule has 2 aromatic rings. The quantitative estimate of drug-likeness (QED) is 0.836. The van der Waals surface area contributed by atoms with Gasteiger partial charge in [0.25, 0.3) is 5.91 Å². The number of nitrogens with one attached hydrogen (secondary N) is 2. The van der Waals surface area contributed by atoms with Crippen LogP contribution in [0.5, 0.6) is 0 Å². The van der Waals surface area contributed by atoms with E-state index in [0.29, 0.717) is 10.6 Å². The van der Waals surface area contributed by atoms with Gasteiger partial charge in [-0.05, 0) is 43.3 Å². The first-order valence-electron chi connectivity index (χ1n) is 5.40. The van der Waals surface area contributed by atoms with Gasteiger partial charge in [-0.1, -0.05) is 11.6 Å². The summed E-state index contributed by atoms with van der Waals surface area (Å²) in [5.41, 5.74) is 7.51. The van der Waals surface area contributed by atoms with Gasteiger partial charge in [-0.2, -0.15) is 0 Å². The van der Waals surface area contributed by atoms with Gasteiger partial charge in [0.15, 0.2) is 0 Å². The molecule has 0 unspecified atom stereocenters. The average Bonchev–Trinajstić information content (AvgIpc) is 2.38. The van der Waals surface area contributed by atoms with Gasteiger partial charge in [0.2, 0.25) is 0 Å². The first kappa shape index (κ1) is 12.4. The molecule has 0 fully saturated rings. The number of hydrogen-bond acceptors (Lipinski definition) is 3. The Morgan fingerprint density at radius 1 is 1.17 bits per heavy atom. The second-order valence-corrected chi connectivity index (χ2v) is 4.21. The van der Waals surface area contributed by atoms with E-state index in [1.165, 1.54) is 6.20 Å². The van der Waals surface area contributed by atoms with Crippen molar-refractivity contribution in [1.29, 1.82) is 0 Å². The van der Waals surface area contributed by atoms with Crippen LogP contribution in [0.1, 0.15) is 16.1 Å². The first-order chi connectivity index (χ1) is 8.65. The van der Waals surface area contributed by atoms with Crippen molar-refractivity contribution < 1.29 is 4.79 Å².